The Morgan fingerprint density at radius 3 is 2.52 bits per heavy atom. The number of hydrogen-bond donors (Lipinski definition) is 0. The first-order chi connectivity index (χ1) is 15.8. The average Bonchev–Trinajstić information content (AvgIpc) is 2.78. The molecule has 4 nitrogen and oxygen atoms in total. The van der Waals surface area contributed by atoms with Crippen LogP contribution in [0.1, 0.15) is 53.7 Å². The molecule has 0 radical (unpaired) electrons. The number of hydrogen-bond acceptors (Lipinski definition) is 3. The van der Waals surface area contributed by atoms with Gasteiger partial charge in [0.05, 0.1) is 33.0 Å². The minimum absolute atomic E-state index is 0.0215. The highest BCUT2D eigenvalue weighted by Crippen LogP contribution is 2.49. The van der Waals surface area contributed by atoms with Crippen molar-refractivity contribution in [2.75, 3.05) is 0 Å². The number of carbonyl (C=O) groups excluding carboxylic acids is 1. The van der Waals surface area contributed by atoms with Crippen LogP contribution < -0.4 is 0 Å². The smallest absolute Gasteiger partial charge is 0.256 e. The Balaban J connectivity index is 1.68. The summed E-state index contributed by atoms with van der Waals surface area (Å²) in [5, 5.41) is 0.641. The molecule has 170 valence electrons. The third-order valence-corrected chi connectivity index (χ3v) is 7.79. The van der Waals surface area contributed by atoms with E-state index >= 15 is 0 Å². The van der Waals surface area contributed by atoms with Crippen molar-refractivity contribution in [2.24, 2.45) is 11.8 Å². The minimum atomic E-state index is -0.285. The molecule has 2 bridgehead atoms. The molecule has 2 aliphatic rings. The molecule has 2 aliphatic heterocycles. The Labute approximate surface area is 202 Å². The highest BCUT2D eigenvalue weighted by Gasteiger charge is 2.48. The average molecular weight is 484 g/mol. The van der Waals surface area contributed by atoms with Gasteiger partial charge in [-0.15, -0.1) is 0 Å². The van der Waals surface area contributed by atoms with Crippen LogP contribution in [-0.4, -0.2) is 26.8 Å². The van der Waals surface area contributed by atoms with Crippen LogP contribution >= 0.6 is 23.2 Å². The summed E-state index contributed by atoms with van der Waals surface area (Å²) in [5.74, 6) is 0.709. The topological polar surface area (TPSA) is 46.1 Å². The van der Waals surface area contributed by atoms with Gasteiger partial charge >= 0.3 is 0 Å². The van der Waals surface area contributed by atoms with E-state index < -0.39 is 0 Å². The van der Waals surface area contributed by atoms with Crippen LogP contribution in [0.2, 0.25) is 10.0 Å². The molecule has 3 aromatic rings. The predicted molar refractivity (Wildman–Crippen MR) is 128 cm³/mol. The lowest BCUT2D eigenvalue weighted by molar-refractivity contribution is 0.00187. The number of aryl methyl sites for hydroxylation is 1. The second-order valence-corrected chi connectivity index (χ2v) is 10.00. The van der Waals surface area contributed by atoms with E-state index in [-0.39, 0.29) is 40.7 Å². The molecule has 2 aromatic carbocycles. The fourth-order valence-electron chi connectivity index (χ4n) is 5.53. The zero-order valence-electron chi connectivity index (χ0n) is 18.6. The van der Waals surface area contributed by atoms with Crippen LogP contribution in [0, 0.1) is 24.6 Å². The molecule has 0 saturated carbocycles. The highest BCUT2D eigenvalue weighted by atomic mass is 35.5. The van der Waals surface area contributed by atoms with Crippen molar-refractivity contribution in [1.29, 1.82) is 0 Å². The number of piperidine rings is 1. The quantitative estimate of drug-likeness (QED) is 0.408. The summed E-state index contributed by atoms with van der Waals surface area (Å²) in [4.78, 5) is 25.4. The molecule has 1 amide bonds. The van der Waals surface area contributed by atoms with Crippen molar-refractivity contribution >= 4 is 29.1 Å². The molecule has 4 atom stereocenters. The molecule has 3 heterocycles. The largest absolute Gasteiger partial charge is 0.326 e. The normalized spacial score (nSPS) is 23.9. The van der Waals surface area contributed by atoms with Gasteiger partial charge in [0.15, 0.2) is 0 Å². The minimum Gasteiger partial charge on any atom is -0.326 e. The Morgan fingerprint density at radius 1 is 1.06 bits per heavy atom. The van der Waals surface area contributed by atoms with E-state index in [1.54, 1.807) is 30.3 Å². The van der Waals surface area contributed by atoms with Gasteiger partial charge in [0, 0.05) is 17.2 Å². The summed E-state index contributed by atoms with van der Waals surface area (Å²) in [5.41, 5.74) is 4.01. The first kappa shape index (κ1) is 22.3. The van der Waals surface area contributed by atoms with Gasteiger partial charge in [-0.1, -0.05) is 43.1 Å². The number of fused-ring (bicyclic) bond motifs is 4. The van der Waals surface area contributed by atoms with Gasteiger partial charge in [0.1, 0.15) is 11.6 Å². The van der Waals surface area contributed by atoms with Gasteiger partial charge in [-0.25, -0.2) is 14.4 Å². The van der Waals surface area contributed by atoms with E-state index in [1.165, 1.54) is 12.1 Å². The molecular weight excluding hydrogens is 460 g/mol. The molecule has 7 heteroatoms. The fourth-order valence-corrected chi connectivity index (χ4v) is 5.91. The van der Waals surface area contributed by atoms with Gasteiger partial charge in [-0.3, -0.25) is 4.79 Å². The number of benzene rings is 2. The second kappa shape index (κ2) is 8.37. The number of aromatic nitrogens is 2. The van der Waals surface area contributed by atoms with Gasteiger partial charge in [0.2, 0.25) is 0 Å². The van der Waals surface area contributed by atoms with Crippen molar-refractivity contribution in [3.8, 4) is 11.3 Å². The molecule has 33 heavy (non-hydrogen) atoms. The maximum Gasteiger partial charge on any atom is 0.256 e. The van der Waals surface area contributed by atoms with E-state index in [9.17, 15) is 9.18 Å². The summed E-state index contributed by atoms with van der Waals surface area (Å²) in [6.07, 6.45) is 1.63. The number of rotatable bonds is 2. The standard InChI is InChI=1S/C26H24Cl2FN3O/c1-13-11-14(2)25-24-19(23(30-15(3)31-24)16-7-9-17(29)10-8-16)12-21(13)32(25)26(33)18-5-4-6-20(27)22(18)28/h4-10,13-14,21,25H,11-12H2,1-3H3/t13-,14+,21+,25+/m0/s1. The molecule has 1 fully saturated rings. The van der Waals surface area contributed by atoms with E-state index in [4.69, 9.17) is 33.2 Å². The van der Waals surface area contributed by atoms with Gasteiger partial charge < -0.3 is 4.90 Å². The SMILES string of the molecule is Cc1nc(-c2ccc(F)cc2)c2c(n1)[C@H]1[C@H](C)C[C@H](C)[C@@H](C2)N1C(=O)c1cccc(Cl)c1Cl. The molecule has 1 saturated heterocycles. The fraction of sp³-hybridized carbons (Fsp3) is 0.346. The maximum absolute atomic E-state index is 13.9. The van der Waals surface area contributed by atoms with Crippen LogP contribution in [0.15, 0.2) is 42.5 Å². The Morgan fingerprint density at radius 2 is 1.79 bits per heavy atom. The summed E-state index contributed by atoms with van der Waals surface area (Å²) < 4.78 is 13.6. The van der Waals surface area contributed by atoms with Crippen molar-refractivity contribution < 1.29 is 9.18 Å². The molecule has 0 aliphatic carbocycles. The lowest BCUT2D eigenvalue weighted by Gasteiger charge is -2.52. The molecule has 5 rings (SSSR count). The Hall–Kier alpha value is -2.50. The first-order valence-corrected chi connectivity index (χ1v) is 11.9. The number of carbonyl (C=O) groups is 1. The monoisotopic (exact) mass is 483 g/mol. The van der Waals surface area contributed by atoms with E-state index in [0.717, 1.165) is 28.9 Å². The summed E-state index contributed by atoms with van der Waals surface area (Å²) in [6, 6.07) is 11.4. The first-order valence-electron chi connectivity index (χ1n) is 11.2. The van der Waals surface area contributed by atoms with Crippen LogP contribution in [0.5, 0.6) is 0 Å². The van der Waals surface area contributed by atoms with Crippen molar-refractivity contribution in [3.63, 3.8) is 0 Å². The van der Waals surface area contributed by atoms with E-state index in [1.807, 2.05) is 11.8 Å². The van der Waals surface area contributed by atoms with Crippen LogP contribution in [0.4, 0.5) is 4.39 Å². The summed E-state index contributed by atoms with van der Waals surface area (Å²) >= 11 is 12.7. The third kappa shape index (κ3) is 3.71. The molecule has 0 N–H and O–H groups in total. The van der Waals surface area contributed by atoms with Crippen LogP contribution in [0.3, 0.4) is 0 Å². The molecule has 0 spiro atoms. The summed E-state index contributed by atoms with van der Waals surface area (Å²) in [7, 11) is 0. The van der Waals surface area contributed by atoms with Gasteiger partial charge in [-0.2, -0.15) is 0 Å². The lowest BCUT2D eigenvalue weighted by atomic mass is 9.71. The zero-order chi connectivity index (χ0) is 23.4. The van der Waals surface area contributed by atoms with E-state index in [0.29, 0.717) is 22.8 Å². The summed E-state index contributed by atoms with van der Waals surface area (Å²) in [6.45, 7) is 6.21. The van der Waals surface area contributed by atoms with E-state index in [2.05, 4.69) is 13.8 Å². The van der Waals surface area contributed by atoms with Gasteiger partial charge in [-0.05, 0) is 68.0 Å². The molecule has 1 aromatic heterocycles. The predicted octanol–water partition coefficient (Wildman–Crippen LogP) is 6.68. The lowest BCUT2D eigenvalue weighted by Crippen LogP contribution is -2.56. The van der Waals surface area contributed by atoms with Crippen LogP contribution in [0.25, 0.3) is 11.3 Å². The van der Waals surface area contributed by atoms with Crippen LogP contribution in [-0.2, 0) is 6.42 Å². The molecule has 0 unspecified atom stereocenters. The Kier molecular flexibility index (Phi) is 5.66. The second-order valence-electron chi connectivity index (χ2n) is 9.21. The maximum atomic E-state index is 13.9. The highest BCUT2D eigenvalue weighted by molar-refractivity contribution is 6.43. The van der Waals surface area contributed by atoms with Crippen molar-refractivity contribution in [2.45, 2.75) is 45.7 Å². The van der Waals surface area contributed by atoms with Crippen molar-refractivity contribution in [1.82, 2.24) is 14.9 Å². The number of amides is 1. The van der Waals surface area contributed by atoms with Gasteiger partial charge in [0.25, 0.3) is 5.91 Å². The zero-order valence-corrected chi connectivity index (χ0v) is 20.2. The number of halogens is 3. The number of nitrogens with zero attached hydrogens (tertiary/aromatic N) is 3. The van der Waals surface area contributed by atoms with Crippen molar-refractivity contribution in [3.05, 3.63) is 81.0 Å². The molecular formula is C26H24Cl2FN3O. The Bertz CT molecular complexity index is 1250. The third-order valence-electron chi connectivity index (χ3n) is 6.97.